The summed E-state index contributed by atoms with van der Waals surface area (Å²) in [7, 11) is 4.70. The maximum Gasteiger partial charge on any atom is 0.337 e. The van der Waals surface area contributed by atoms with Crippen molar-refractivity contribution in [2.75, 3.05) is 21.3 Å². The molecule has 1 fully saturated rings. The van der Waals surface area contributed by atoms with Gasteiger partial charge in [0.1, 0.15) is 11.9 Å². The van der Waals surface area contributed by atoms with Gasteiger partial charge in [-0.1, -0.05) is 6.07 Å². The minimum Gasteiger partial charge on any atom is -0.496 e. The standard InChI is InChI=1S/C29H33NO6S/c1-16-26(29(32)36-18-8-5-6-9-18)27(19-14-23(34-3)24(35-4)15-22(19)33-2)28-20(30-16)12-17(13-21(28)31)25-10-7-11-37-25/h7,10-11,14-15,17-18,27,30H,5-6,8-9,12-13H2,1-4H3/t17-,27-/m0/s1. The number of dihydropyridines is 1. The normalized spacial score (nSPS) is 22.0. The molecule has 8 heteroatoms. The van der Waals surface area contributed by atoms with E-state index in [4.69, 9.17) is 18.9 Å². The maximum atomic E-state index is 13.8. The molecule has 2 aromatic rings. The van der Waals surface area contributed by atoms with Crippen LogP contribution in [0.2, 0.25) is 0 Å². The summed E-state index contributed by atoms with van der Waals surface area (Å²) in [5.74, 6) is 0.618. The molecule has 1 saturated carbocycles. The van der Waals surface area contributed by atoms with Crippen LogP contribution in [0.25, 0.3) is 0 Å². The summed E-state index contributed by atoms with van der Waals surface area (Å²) in [6.45, 7) is 1.88. The molecule has 0 bridgehead atoms. The Bertz CT molecular complexity index is 1260. The highest BCUT2D eigenvalue weighted by Gasteiger charge is 2.43. The number of hydrogen-bond donors (Lipinski definition) is 1. The molecule has 5 rings (SSSR count). The highest BCUT2D eigenvalue weighted by Crippen LogP contribution is 2.50. The number of thiophene rings is 1. The Morgan fingerprint density at radius 2 is 1.70 bits per heavy atom. The summed E-state index contributed by atoms with van der Waals surface area (Å²) in [6.07, 6.45) is 4.82. The van der Waals surface area contributed by atoms with Crippen LogP contribution < -0.4 is 19.5 Å². The van der Waals surface area contributed by atoms with Crippen molar-refractivity contribution in [1.82, 2.24) is 5.32 Å². The molecule has 196 valence electrons. The Kier molecular flexibility index (Phi) is 7.29. The van der Waals surface area contributed by atoms with Crippen molar-refractivity contribution in [2.45, 2.75) is 63.4 Å². The zero-order valence-corrected chi connectivity index (χ0v) is 22.5. The predicted octanol–water partition coefficient (Wildman–Crippen LogP) is 5.62. The Balaban J connectivity index is 1.64. The molecular formula is C29H33NO6S. The molecule has 0 amide bonds. The molecular weight excluding hydrogens is 490 g/mol. The number of rotatable bonds is 7. The first-order valence-electron chi connectivity index (χ1n) is 12.7. The maximum absolute atomic E-state index is 13.8. The summed E-state index contributed by atoms with van der Waals surface area (Å²) in [5, 5.41) is 5.47. The average molecular weight is 524 g/mol. The van der Waals surface area contributed by atoms with Crippen molar-refractivity contribution in [2.24, 2.45) is 0 Å². The lowest BCUT2D eigenvalue weighted by Gasteiger charge is -2.37. The SMILES string of the molecule is COc1cc(OC)c([C@H]2C(C(=O)OC3CCCC3)=C(C)NC3=C2C(=O)C[C@@H](c2cccs2)C3)cc1OC. The van der Waals surface area contributed by atoms with Crippen LogP contribution in [0, 0.1) is 0 Å². The Morgan fingerprint density at radius 1 is 1.00 bits per heavy atom. The molecule has 2 atom stereocenters. The third kappa shape index (κ3) is 4.75. The number of hydrogen-bond acceptors (Lipinski definition) is 8. The summed E-state index contributed by atoms with van der Waals surface area (Å²) < 4.78 is 22.8. The van der Waals surface area contributed by atoms with E-state index in [9.17, 15) is 9.59 Å². The number of methoxy groups -OCH3 is 3. The van der Waals surface area contributed by atoms with Gasteiger partial charge in [0.2, 0.25) is 0 Å². The van der Waals surface area contributed by atoms with Gasteiger partial charge in [0, 0.05) is 45.8 Å². The second-order valence-electron chi connectivity index (χ2n) is 9.79. The Morgan fingerprint density at radius 3 is 2.35 bits per heavy atom. The smallest absolute Gasteiger partial charge is 0.337 e. The quantitative estimate of drug-likeness (QED) is 0.472. The molecule has 37 heavy (non-hydrogen) atoms. The van der Waals surface area contributed by atoms with E-state index in [2.05, 4.69) is 11.4 Å². The lowest BCUT2D eigenvalue weighted by Crippen LogP contribution is -2.36. The van der Waals surface area contributed by atoms with Crippen molar-refractivity contribution in [3.8, 4) is 17.2 Å². The predicted molar refractivity (Wildman–Crippen MR) is 141 cm³/mol. The van der Waals surface area contributed by atoms with Crippen LogP contribution in [-0.2, 0) is 14.3 Å². The summed E-state index contributed by atoms with van der Waals surface area (Å²) in [5.41, 5.74) is 3.27. The Hall–Kier alpha value is -3.26. The van der Waals surface area contributed by atoms with Crippen molar-refractivity contribution < 1.29 is 28.5 Å². The van der Waals surface area contributed by atoms with Gasteiger partial charge in [-0.2, -0.15) is 0 Å². The van der Waals surface area contributed by atoms with E-state index in [1.54, 1.807) is 38.7 Å². The van der Waals surface area contributed by atoms with Gasteiger partial charge in [-0.25, -0.2) is 4.79 Å². The van der Waals surface area contributed by atoms with E-state index in [1.807, 2.05) is 24.4 Å². The number of nitrogens with one attached hydrogen (secondary N) is 1. The fraction of sp³-hybridized carbons (Fsp3) is 0.448. The van der Waals surface area contributed by atoms with Crippen molar-refractivity contribution >= 4 is 23.1 Å². The number of benzene rings is 1. The van der Waals surface area contributed by atoms with Crippen LogP contribution in [0.1, 0.15) is 67.7 Å². The van der Waals surface area contributed by atoms with E-state index in [0.29, 0.717) is 52.5 Å². The monoisotopic (exact) mass is 523 g/mol. The third-order valence-corrected chi connectivity index (χ3v) is 8.65. The molecule has 2 heterocycles. The highest BCUT2D eigenvalue weighted by molar-refractivity contribution is 7.10. The molecule has 0 spiro atoms. The van der Waals surface area contributed by atoms with Gasteiger partial charge >= 0.3 is 5.97 Å². The minimum absolute atomic E-state index is 0.0210. The van der Waals surface area contributed by atoms with Gasteiger partial charge < -0.3 is 24.3 Å². The minimum atomic E-state index is -0.642. The largest absolute Gasteiger partial charge is 0.496 e. The van der Waals surface area contributed by atoms with Crippen LogP contribution in [0.3, 0.4) is 0 Å². The van der Waals surface area contributed by atoms with Crippen LogP contribution >= 0.6 is 11.3 Å². The molecule has 1 aromatic carbocycles. The van der Waals surface area contributed by atoms with Crippen LogP contribution in [0.5, 0.6) is 17.2 Å². The summed E-state index contributed by atoms with van der Waals surface area (Å²) >= 11 is 1.67. The number of carbonyl (C=O) groups excluding carboxylic acids is 2. The second kappa shape index (κ2) is 10.6. The first kappa shape index (κ1) is 25.4. The number of esters is 1. The van der Waals surface area contributed by atoms with E-state index >= 15 is 0 Å². The fourth-order valence-electron chi connectivity index (χ4n) is 5.84. The molecule has 0 unspecified atom stereocenters. The average Bonchev–Trinajstić information content (AvgIpc) is 3.61. The van der Waals surface area contributed by atoms with E-state index in [-0.39, 0.29) is 17.8 Å². The molecule has 0 radical (unpaired) electrons. The van der Waals surface area contributed by atoms with Crippen molar-refractivity contribution in [3.63, 3.8) is 0 Å². The molecule has 1 aliphatic heterocycles. The summed E-state index contributed by atoms with van der Waals surface area (Å²) in [4.78, 5) is 28.7. The fourth-order valence-corrected chi connectivity index (χ4v) is 6.68. The molecule has 3 aliphatic rings. The molecule has 1 aromatic heterocycles. The van der Waals surface area contributed by atoms with Crippen LogP contribution in [0.15, 0.2) is 52.2 Å². The van der Waals surface area contributed by atoms with E-state index in [1.165, 1.54) is 4.88 Å². The van der Waals surface area contributed by atoms with Gasteiger partial charge in [-0.15, -0.1) is 11.3 Å². The molecule has 7 nitrogen and oxygen atoms in total. The van der Waals surface area contributed by atoms with Crippen molar-refractivity contribution in [3.05, 3.63) is 62.6 Å². The zero-order valence-electron chi connectivity index (χ0n) is 21.7. The Labute approximate surface area is 221 Å². The van der Waals surface area contributed by atoms with E-state index < -0.39 is 11.9 Å². The topological polar surface area (TPSA) is 83.1 Å². The molecule has 1 N–H and O–H groups in total. The first-order valence-corrected chi connectivity index (χ1v) is 13.6. The van der Waals surface area contributed by atoms with Gasteiger partial charge in [-0.3, -0.25) is 4.79 Å². The number of carbonyl (C=O) groups is 2. The number of ether oxygens (including phenoxy) is 4. The van der Waals surface area contributed by atoms with Gasteiger partial charge in [-0.05, 0) is 56.5 Å². The second-order valence-corrected chi connectivity index (χ2v) is 10.8. The van der Waals surface area contributed by atoms with Crippen LogP contribution in [0.4, 0.5) is 0 Å². The third-order valence-electron chi connectivity index (χ3n) is 7.62. The summed E-state index contributed by atoms with van der Waals surface area (Å²) in [6, 6.07) is 7.65. The lowest BCUT2D eigenvalue weighted by atomic mass is 9.72. The highest BCUT2D eigenvalue weighted by atomic mass is 32.1. The number of ketones is 1. The molecule has 0 saturated heterocycles. The number of allylic oxidation sites excluding steroid dienone is 3. The van der Waals surface area contributed by atoms with Crippen molar-refractivity contribution in [1.29, 1.82) is 0 Å². The zero-order chi connectivity index (χ0) is 26.1. The first-order chi connectivity index (χ1) is 17.9. The van der Waals surface area contributed by atoms with Gasteiger partial charge in [0.15, 0.2) is 17.3 Å². The molecule has 2 aliphatic carbocycles. The number of Topliss-reactive ketones (excluding diaryl/α,β-unsaturated/α-hetero) is 1. The van der Waals surface area contributed by atoms with Crippen LogP contribution in [-0.4, -0.2) is 39.2 Å². The van der Waals surface area contributed by atoms with Gasteiger partial charge in [0.25, 0.3) is 0 Å². The lowest BCUT2D eigenvalue weighted by molar-refractivity contribution is -0.144. The van der Waals surface area contributed by atoms with Gasteiger partial charge in [0.05, 0.1) is 32.8 Å². The van der Waals surface area contributed by atoms with E-state index in [0.717, 1.165) is 31.4 Å².